The van der Waals surface area contributed by atoms with Crippen LogP contribution in [-0.2, 0) is 4.79 Å². The zero-order valence-electron chi connectivity index (χ0n) is 11.0. The van der Waals surface area contributed by atoms with E-state index >= 15 is 0 Å². The molecule has 0 saturated carbocycles. The van der Waals surface area contributed by atoms with Gasteiger partial charge in [0, 0.05) is 19.0 Å². The first kappa shape index (κ1) is 13.5. The molecule has 0 aliphatic carbocycles. The summed E-state index contributed by atoms with van der Waals surface area (Å²) < 4.78 is 0. The number of hydrogen-bond donors (Lipinski definition) is 1. The molecule has 0 aromatic carbocycles. The molecule has 1 aliphatic rings. The summed E-state index contributed by atoms with van der Waals surface area (Å²) in [5.74, 6) is 0.457. The summed E-state index contributed by atoms with van der Waals surface area (Å²) in [6, 6.07) is 0. The smallest absolute Gasteiger partial charge is 0.225 e. The van der Waals surface area contributed by atoms with E-state index in [0.29, 0.717) is 17.9 Å². The monoisotopic (exact) mass is 226 g/mol. The molecule has 1 heterocycles. The van der Waals surface area contributed by atoms with Crippen LogP contribution in [0.25, 0.3) is 0 Å². The van der Waals surface area contributed by atoms with E-state index in [9.17, 15) is 4.79 Å². The largest absolute Gasteiger partial charge is 0.342 e. The molecule has 94 valence electrons. The van der Waals surface area contributed by atoms with Crippen molar-refractivity contribution in [2.75, 3.05) is 19.6 Å². The Bertz CT molecular complexity index is 238. The molecule has 0 bridgehead atoms. The van der Waals surface area contributed by atoms with E-state index < -0.39 is 0 Å². The van der Waals surface area contributed by atoms with Gasteiger partial charge >= 0.3 is 0 Å². The SMILES string of the molecule is CC(CCCN)C(=O)N1CCCC(C)(C)C1. The zero-order valence-corrected chi connectivity index (χ0v) is 11.0. The highest BCUT2D eigenvalue weighted by molar-refractivity contribution is 5.78. The molecule has 1 unspecified atom stereocenters. The molecule has 3 heteroatoms. The molecule has 2 N–H and O–H groups in total. The van der Waals surface area contributed by atoms with Gasteiger partial charge in [0.15, 0.2) is 0 Å². The van der Waals surface area contributed by atoms with E-state index in [1.54, 1.807) is 0 Å². The van der Waals surface area contributed by atoms with Crippen molar-refractivity contribution < 1.29 is 4.79 Å². The van der Waals surface area contributed by atoms with Gasteiger partial charge in [-0.15, -0.1) is 0 Å². The average Bonchev–Trinajstić information content (AvgIpc) is 2.23. The van der Waals surface area contributed by atoms with E-state index in [4.69, 9.17) is 5.73 Å². The van der Waals surface area contributed by atoms with Gasteiger partial charge in [-0.05, 0) is 37.6 Å². The van der Waals surface area contributed by atoms with E-state index in [-0.39, 0.29) is 5.92 Å². The third kappa shape index (κ3) is 3.78. The Labute approximate surface area is 99.4 Å². The summed E-state index contributed by atoms with van der Waals surface area (Å²) in [5, 5.41) is 0. The van der Waals surface area contributed by atoms with Gasteiger partial charge in [0.2, 0.25) is 5.91 Å². The lowest BCUT2D eigenvalue weighted by Crippen LogP contribution is -2.45. The summed E-state index contributed by atoms with van der Waals surface area (Å²) in [6.07, 6.45) is 4.24. The van der Waals surface area contributed by atoms with Gasteiger partial charge in [0.05, 0.1) is 0 Å². The second-order valence-electron chi connectivity index (χ2n) is 5.86. The van der Waals surface area contributed by atoms with Gasteiger partial charge in [0.25, 0.3) is 0 Å². The number of hydrogen-bond acceptors (Lipinski definition) is 2. The Morgan fingerprint density at radius 1 is 1.50 bits per heavy atom. The molecular weight excluding hydrogens is 200 g/mol. The van der Waals surface area contributed by atoms with Gasteiger partial charge < -0.3 is 10.6 Å². The second kappa shape index (κ2) is 5.67. The van der Waals surface area contributed by atoms with E-state index in [2.05, 4.69) is 13.8 Å². The molecule has 1 fully saturated rings. The Hall–Kier alpha value is -0.570. The first-order chi connectivity index (χ1) is 7.46. The first-order valence-electron chi connectivity index (χ1n) is 6.45. The minimum absolute atomic E-state index is 0.137. The van der Waals surface area contributed by atoms with E-state index in [1.165, 1.54) is 6.42 Å². The second-order valence-corrected chi connectivity index (χ2v) is 5.86. The van der Waals surface area contributed by atoms with Crippen molar-refractivity contribution in [1.29, 1.82) is 0 Å². The molecule has 1 atom stereocenters. The Kier molecular flexibility index (Phi) is 4.78. The fourth-order valence-electron chi connectivity index (χ4n) is 2.47. The van der Waals surface area contributed by atoms with Crippen molar-refractivity contribution in [2.45, 2.75) is 46.5 Å². The summed E-state index contributed by atoms with van der Waals surface area (Å²) in [5.41, 5.74) is 5.77. The molecular formula is C13H26N2O. The molecule has 0 aromatic heterocycles. The van der Waals surface area contributed by atoms with Gasteiger partial charge in [-0.1, -0.05) is 20.8 Å². The topological polar surface area (TPSA) is 46.3 Å². The zero-order chi connectivity index (χ0) is 12.2. The molecule has 0 radical (unpaired) electrons. The summed E-state index contributed by atoms with van der Waals surface area (Å²) >= 11 is 0. The molecule has 0 aromatic rings. The van der Waals surface area contributed by atoms with Crippen molar-refractivity contribution in [2.24, 2.45) is 17.1 Å². The number of amides is 1. The van der Waals surface area contributed by atoms with Gasteiger partial charge in [0.1, 0.15) is 0 Å². The molecule has 16 heavy (non-hydrogen) atoms. The van der Waals surface area contributed by atoms with Gasteiger partial charge in [-0.2, -0.15) is 0 Å². The number of carbonyl (C=O) groups is 1. The molecule has 1 rings (SSSR count). The Morgan fingerprint density at radius 2 is 2.19 bits per heavy atom. The average molecular weight is 226 g/mol. The fraction of sp³-hybridized carbons (Fsp3) is 0.923. The van der Waals surface area contributed by atoms with Crippen LogP contribution in [0.5, 0.6) is 0 Å². The van der Waals surface area contributed by atoms with Crippen LogP contribution < -0.4 is 5.73 Å². The van der Waals surface area contributed by atoms with Gasteiger partial charge in [-0.25, -0.2) is 0 Å². The number of carbonyl (C=O) groups excluding carboxylic acids is 1. The molecule has 1 amide bonds. The third-order valence-electron chi connectivity index (χ3n) is 3.47. The van der Waals surface area contributed by atoms with Crippen LogP contribution in [0.2, 0.25) is 0 Å². The van der Waals surface area contributed by atoms with Crippen LogP contribution in [-0.4, -0.2) is 30.4 Å². The number of nitrogens with two attached hydrogens (primary N) is 1. The standard InChI is InChI=1S/C13H26N2O/c1-11(6-4-8-14)12(16)15-9-5-7-13(2,3)10-15/h11H,4-10,14H2,1-3H3. The molecule has 0 spiro atoms. The number of piperidine rings is 1. The molecule has 1 saturated heterocycles. The summed E-state index contributed by atoms with van der Waals surface area (Å²) in [7, 11) is 0. The minimum atomic E-state index is 0.137. The van der Waals surface area contributed by atoms with Crippen molar-refractivity contribution >= 4 is 5.91 Å². The maximum absolute atomic E-state index is 12.2. The lowest BCUT2D eigenvalue weighted by Gasteiger charge is -2.39. The highest BCUT2D eigenvalue weighted by Gasteiger charge is 2.30. The van der Waals surface area contributed by atoms with Crippen molar-refractivity contribution in [3.8, 4) is 0 Å². The molecule has 3 nitrogen and oxygen atoms in total. The first-order valence-corrected chi connectivity index (χ1v) is 6.45. The third-order valence-corrected chi connectivity index (χ3v) is 3.47. The Morgan fingerprint density at radius 3 is 2.75 bits per heavy atom. The van der Waals surface area contributed by atoms with Crippen molar-refractivity contribution in [1.82, 2.24) is 4.90 Å². The normalized spacial score (nSPS) is 21.9. The quantitative estimate of drug-likeness (QED) is 0.797. The number of nitrogens with zero attached hydrogens (tertiary/aromatic N) is 1. The van der Waals surface area contributed by atoms with Crippen LogP contribution >= 0.6 is 0 Å². The molecule has 1 aliphatic heterocycles. The van der Waals surface area contributed by atoms with Crippen LogP contribution in [0.3, 0.4) is 0 Å². The van der Waals surface area contributed by atoms with Gasteiger partial charge in [-0.3, -0.25) is 4.79 Å². The lowest BCUT2D eigenvalue weighted by molar-refractivity contribution is -0.138. The van der Waals surface area contributed by atoms with E-state index in [1.807, 2.05) is 11.8 Å². The highest BCUT2D eigenvalue weighted by atomic mass is 16.2. The van der Waals surface area contributed by atoms with Crippen LogP contribution in [0.1, 0.15) is 46.5 Å². The lowest BCUT2D eigenvalue weighted by atomic mass is 9.83. The summed E-state index contributed by atoms with van der Waals surface area (Å²) in [6.45, 7) is 9.06. The Balaban J connectivity index is 2.46. The number of likely N-dealkylation sites (tertiary alicyclic amines) is 1. The fourth-order valence-corrected chi connectivity index (χ4v) is 2.47. The minimum Gasteiger partial charge on any atom is -0.342 e. The maximum Gasteiger partial charge on any atom is 0.225 e. The summed E-state index contributed by atoms with van der Waals surface area (Å²) in [4.78, 5) is 14.2. The van der Waals surface area contributed by atoms with Crippen LogP contribution in [0, 0.1) is 11.3 Å². The number of rotatable bonds is 4. The van der Waals surface area contributed by atoms with Crippen LogP contribution in [0.4, 0.5) is 0 Å². The van der Waals surface area contributed by atoms with Crippen molar-refractivity contribution in [3.05, 3.63) is 0 Å². The maximum atomic E-state index is 12.2. The van der Waals surface area contributed by atoms with Crippen LogP contribution in [0.15, 0.2) is 0 Å². The highest BCUT2D eigenvalue weighted by Crippen LogP contribution is 2.29. The van der Waals surface area contributed by atoms with E-state index in [0.717, 1.165) is 32.4 Å². The predicted octanol–water partition coefficient (Wildman–Crippen LogP) is 2.01. The predicted molar refractivity (Wildman–Crippen MR) is 67.0 cm³/mol. The van der Waals surface area contributed by atoms with Crippen molar-refractivity contribution in [3.63, 3.8) is 0 Å².